The van der Waals surface area contributed by atoms with Crippen LogP contribution in [0.2, 0.25) is 0 Å². The summed E-state index contributed by atoms with van der Waals surface area (Å²) in [4.78, 5) is 2.50. The third-order valence-electron chi connectivity index (χ3n) is 4.69. The first kappa shape index (κ1) is 11.2. The molecule has 2 heterocycles. The number of nitrogens with zero attached hydrogens (tertiary/aromatic N) is 1. The van der Waals surface area contributed by atoms with Gasteiger partial charge in [0.2, 0.25) is 0 Å². The van der Waals surface area contributed by atoms with Crippen molar-refractivity contribution in [2.75, 3.05) is 10.2 Å². The summed E-state index contributed by atoms with van der Waals surface area (Å²) in [5, 5.41) is 3.69. The molecule has 5 rings (SSSR count). The molecule has 0 saturated heterocycles. The highest BCUT2D eigenvalue weighted by atomic mass is 15.3. The van der Waals surface area contributed by atoms with E-state index in [0.29, 0.717) is 0 Å². The Kier molecular flexibility index (Phi) is 2.14. The first-order chi connectivity index (χ1) is 10.4. The van der Waals surface area contributed by atoms with Crippen molar-refractivity contribution in [1.82, 2.24) is 0 Å². The minimum atomic E-state index is 0.240. The van der Waals surface area contributed by atoms with Crippen LogP contribution < -0.4 is 10.2 Å². The van der Waals surface area contributed by atoms with Gasteiger partial charge in [0.1, 0.15) is 6.17 Å². The van der Waals surface area contributed by atoms with Crippen molar-refractivity contribution in [3.8, 4) is 0 Å². The lowest BCUT2D eigenvalue weighted by atomic mass is 9.87. The van der Waals surface area contributed by atoms with Crippen molar-refractivity contribution in [2.45, 2.75) is 19.0 Å². The molecule has 0 saturated carbocycles. The number of rotatable bonds is 0. The van der Waals surface area contributed by atoms with E-state index >= 15 is 0 Å². The normalized spacial score (nSPS) is 21.3. The smallest absolute Gasteiger partial charge is 0.130 e. The number of hydrogen-bond acceptors (Lipinski definition) is 2. The Hall–Kier alpha value is -2.48. The fourth-order valence-electron chi connectivity index (χ4n) is 3.80. The number of benzene rings is 2. The Morgan fingerprint density at radius 1 is 1.00 bits per heavy atom. The van der Waals surface area contributed by atoms with Crippen LogP contribution in [0.25, 0.3) is 5.57 Å². The number of anilines is 2. The van der Waals surface area contributed by atoms with E-state index in [9.17, 15) is 0 Å². The summed E-state index contributed by atoms with van der Waals surface area (Å²) in [5.41, 5.74) is 8.15. The molecule has 0 radical (unpaired) electrons. The molecule has 1 N–H and O–H groups in total. The highest BCUT2D eigenvalue weighted by molar-refractivity contribution is 5.91. The van der Waals surface area contributed by atoms with Crippen molar-refractivity contribution in [1.29, 1.82) is 0 Å². The predicted molar refractivity (Wildman–Crippen MR) is 87.0 cm³/mol. The van der Waals surface area contributed by atoms with Gasteiger partial charge in [-0.1, -0.05) is 48.6 Å². The molecule has 3 aliphatic rings. The van der Waals surface area contributed by atoms with Crippen molar-refractivity contribution in [3.05, 3.63) is 77.5 Å². The number of para-hydroxylation sites is 2. The first-order valence-electron chi connectivity index (χ1n) is 7.57. The van der Waals surface area contributed by atoms with Crippen LogP contribution >= 0.6 is 0 Å². The molecule has 1 unspecified atom stereocenters. The molecule has 2 nitrogen and oxygen atoms in total. The number of allylic oxidation sites excluding steroid dienone is 4. The van der Waals surface area contributed by atoms with Crippen molar-refractivity contribution in [2.24, 2.45) is 0 Å². The van der Waals surface area contributed by atoms with Gasteiger partial charge in [-0.2, -0.15) is 0 Å². The van der Waals surface area contributed by atoms with E-state index in [4.69, 9.17) is 0 Å². The monoisotopic (exact) mass is 272 g/mol. The number of hydrogen-bond donors (Lipinski definition) is 1. The molecule has 0 fully saturated rings. The fourth-order valence-corrected chi connectivity index (χ4v) is 3.80. The third-order valence-corrected chi connectivity index (χ3v) is 4.69. The second kappa shape index (κ2) is 4.01. The summed E-state index contributed by atoms with van der Waals surface area (Å²) < 4.78 is 0. The Bertz CT molecular complexity index is 801. The standard InChI is InChI=1S/C19H16N2/c1-2-9-15-13(7-1)14-8-3-5-11-17(14)21-18-12-6-4-10-16(18)20-19(15)21/h1-4,6-10,12,19-20H,5,11H2. The Balaban J connectivity index is 1.81. The Labute approximate surface area is 124 Å². The lowest BCUT2D eigenvalue weighted by molar-refractivity contribution is 0.735. The molecular formula is C19H16N2. The molecule has 2 aromatic rings. The van der Waals surface area contributed by atoms with Crippen molar-refractivity contribution in [3.63, 3.8) is 0 Å². The van der Waals surface area contributed by atoms with Crippen LogP contribution in [0.15, 0.2) is 66.4 Å². The maximum absolute atomic E-state index is 3.69. The Morgan fingerprint density at radius 2 is 1.86 bits per heavy atom. The molecule has 1 aliphatic carbocycles. The minimum absolute atomic E-state index is 0.240. The van der Waals surface area contributed by atoms with Gasteiger partial charge >= 0.3 is 0 Å². The SMILES string of the molecule is C1=CC2=C(CC1)N1c3ccccc3NC1c1ccccc12. The molecule has 1 atom stereocenters. The molecule has 2 heteroatoms. The van der Waals surface area contributed by atoms with Crippen LogP contribution in [0.4, 0.5) is 11.4 Å². The highest BCUT2D eigenvalue weighted by Gasteiger charge is 2.38. The van der Waals surface area contributed by atoms with Crippen molar-refractivity contribution >= 4 is 16.9 Å². The van der Waals surface area contributed by atoms with E-state index in [0.717, 1.165) is 12.8 Å². The summed E-state index contributed by atoms with van der Waals surface area (Å²) in [6.07, 6.45) is 7.09. The average molecular weight is 272 g/mol. The molecular weight excluding hydrogens is 256 g/mol. The van der Waals surface area contributed by atoms with Crippen LogP contribution in [0.1, 0.15) is 30.1 Å². The summed E-state index contributed by atoms with van der Waals surface area (Å²) in [6, 6.07) is 17.4. The molecule has 0 amide bonds. The van der Waals surface area contributed by atoms with E-state index in [2.05, 4.69) is 70.9 Å². The summed E-state index contributed by atoms with van der Waals surface area (Å²) in [5.74, 6) is 0. The average Bonchev–Trinajstić information content (AvgIpc) is 2.95. The van der Waals surface area contributed by atoms with Gasteiger partial charge in [-0.3, -0.25) is 0 Å². The first-order valence-corrected chi connectivity index (χ1v) is 7.57. The van der Waals surface area contributed by atoms with Crippen LogP contribution in [0.3, 0.4) is 0 Å². The lowest BCUT2D eigenvalue weighted by Crippen LogP contribution is -2.32. The van der Waals surface area contributed by atoms with E-state index in [1.165, 1.54) is 33.8 Å². The van der Waals surface area contributed by atoms with Crippen LogP contribution in [-0.4, -0.2) is 0 Å². The van der Waals surface area contributed by atoms with E-state index in [1.807, 2.05) is 0 Å². The van der Waals surface area contributed by atoms with Gasteiger partial charge in [0, 0.05) is 16.8 Å². The molecule has 2 aliphatic heterocycles. The van der Waals surface area contributed by atoms with E-state index in [-0.39, 0.29) is 6.17 Å². The predicted octanol–water partition coefficient (Wildman–Crippen LogP) is 4.69. The molecule has 0 bridgehead atoms. The fraction of sp³-hybridized carbons (Fsp3) is 0.158. The molecule has 0 spiro atoms. The van der Waals surface area contributed by atoms with Gasteiger partial charge in [0.25, 0.3) is 0 Å². The maximum atomic E-state index is 3.69. The van der Waals surface area contributed by atoms with Gasteiger partial charge in [-0.25, -0.2) is 0 Å². The zero-order chi connectivity index (χ0) is 13.8. The summed E-state index contributed by atoms with van der Waals surface area (Å²) >= 11 is 0. The zero-order valence-electron chi connectivity index (χ0n) is 11.7. The Morgan fingerprint density at radius 3 is 2.86 bits per heavy atom. The summed E-state index contributed by atoms with van der Waals surface area (Å²) in [7, 11) is 0. The summed E-state index contributed by atoms with van der Waals surface area (Å²) in [6.45, 7) is 0. The zero-order valence-corrected chi connectivity index (χ0v) is 11.7. The van der Waals surface area contributed by atoms with Crippen LogP contribution in [0, 0.1) is 0 Å². The number of nitrogens with one attached hydrogen (secondary N) is 1. The maximum Gasteiger partial charge on any atom is 0.130 e. The second-order valence-corrected chi connectivity index (χ2v) is 5.82. The van der Waals surface area contributed by atoms with Gasteiger partial charge < -0.3 is 10.2 Å². The largest absolute Gasteiger partial charge is 0.359 e. The third kappa shape index (κ3) is 1.42. The van der Waals surface area contributed by atoms with Gasteiger partial charge in [-0.05, 0) is 30.5 Å². The van der Waals surface area contributed by atoms with E-state index in [1.54, 1.807) is 0 Å². The lowest BCUT2D eigenvalue weighted by Gasteiger charge is -2.38. The molecule has 2 aromatic carbocycles. The highest BCUT2D eigenvalue weighted by Crippen LogP contribution is 2.51. The van der Waals surface area contributed by atoms with Gasteiger partial charge in [0.15, 0.2) is 0 Å². The van der Waals surface area contributed by atoms with Gasteiger partial charge in [0.05, 0.1) is 11.4 Å². The van der Waals surface area contributed by atoms with Crippen LogP contribution in [-0.2, 0) is 0 Å². The van der Waals surface area contributed by atoms with Gasteiger partial charge in [-0.15, -0.1) is 0 Å². The molecule has 102 valence electrons. The molecule has 0 aromatic heterocycles. The number of fused-ring (bicyclic) bond motifs is 7. The van der Waals surface area contributed by atoms with E-state index < -0.39 is 0 Å². The topological polar surface area (TPSA) is 15.3 Å². The van der Waals surface area contributed by atoms with Crippen molar-refractivity contribution < 1.29 is 0 Å². The minimum Gasteiger partial charge on any atom is -0.359 e. The quantitative estimate of drug-likeness (QED) is 0.748. The second-order valence-electron chi connectivity index (χ2n) is 5.82. The van der Waals surface area contributed by atoms with Crippen LogP contribution in [0.5, 0.6) is 0 Å². The molecule has 21 heavy (non-hydrogen) atoms.